The van der Waals surface area contributed by atoms with Crippen LogP contribution in [0.5, 0.6) is 5.75 Å². The number of anilines is 2. The zero-order valence-electron chi connectivity index (χ0n) is 17.2. The monoisotopic (exact) mass is 433 g/mol. The number of aryl methyl sites for hydroxylation is 1. The van der Waals surface area contributed by atoms with Gasteiger partial charge in [-0.3, -0.25) is 4.79 Å². The maximum atomic E-state index is 13.1. The zero-order chi connectivity index (χ0) is 21.4. The lowest BCUT2D eigenvalue weighted by atomic mass is 9.89. The summed E-state index contributed by atoms with van der Waals surface area (Å²) in [4.78, 5) is 19.2. The molecule has 0 aliphatic heterocycles. The van der Waals surface area contributed by atoms with Crippen LogP contribution < -0.4 is 15.8 Å². The number of fused-ring (bicyclic) bond motifs is 2. The number of pyridine rings is 1. The molecule has 5 rings (SSSR count). The molecular formula is C24H23N3O3S. The van der Waals surface area contributed by atoms with Gasteiger partial charge in [0, 0.05) is 22.3 Å². The number of hydrogen-bond donors (Lipinski definition) is 2. The number of thiophene rings is 1. The van der Waals surface area contributed by atoms with E-state index >= 15 is 0 Å². The van der Waals surface area contributed by atoms with Gasteiger partial charge in [-0.25, -0.2) is 4.98 Å². The fourth-order valence-electron chi connectivity index (χ4n) is 4.16. The Morgan fingerprint density at radius 2 is 2.03 bits per heavy atom. The third kappa shape index (κ3) is 3.55. The molecule has 158 valence electrons. The predicted octanol–water partition coefficient (Wildman–Crippen LogP) is 5.67. The van der Waals surface area contributed by atoms with Crippen LogP contribution in [0.1, 0.15) is 40.7 Å². The number of aromatic nitrogens is 1. The van der Waals surface area contributed by atoms with Crippen molar-refractivity contribution in [2.75, 3.05) is 17.7 Å². The van der Waals surface area contributed by atoms with Gasteiger partial charge >= 0.3 is 0 Å². The molecule has 3 N–H and O–H groups in total. The Bertz CT molecular complexity index is 1240. The predicted molar refractivity (Wildman–Crippen MR) is 124 cm³/mol. The SMILES string of the molecule is CCOc1ccc(NC(=O)c2sc3nc4c(c(-c5ccco5)c3c2N)CCCC4)cc1. The summed E-state index contributed by atoms with van der Waals surface area (Å²) >= 11 is 1.33. The molecule has 0 bridgehead atoms. The average Bonchev–Trinajstić information content (AvgIpc) is 3.42. The molecule has 0 unspecified atom stereocenters. The third-order valence-electron chi connectivity index (χ3n) is 5.55. The van der Waals surface area contributed by atoms with Gasteiger partial charge in [0.1, 0.15) is 21.2 Å². The van der Waals surface area contributed by atoms with E-state index in [2.05, 4.69) is 5.32 Å². The number of ether oxygens (including phenoxy) is 1. The molecule has 1 aliphatic rings. The molecule has 31 heavy (non-hydrogen) atoms. The van der Waals surface area contributed by atoms with Crippen molar-refractivity contribution < 1.29 is 13.9 Å². The fourth-order valence-corrected chi connectivity index (χ4v) is 5.18. The molecule has 0 spiro atoms. The van der Waals surface area contributed by atoms with E-state index in [0.717, 1.165) is 58.7 Å². The molecule has 0 atom stereocenters. The summed E-state index contributed by atoms with van der Waals surface area (Å²) in [6.07, 6.45) is 5.78. The molecule has 1 aromatic carbocycles. The van der Waals surface area contributed by atoms with Gasteiger partial charge in [0.15, 0.2) is 0 Å². The van der Waals surface area contributed by atoms with Crippen molar-refractivity contribution in [3.05, 3.63) is 58.8 Å². The first-order valence-electron chi connectivity index (χ1n) is 10.5. The quantitative estimate of drug-likeness (QED) is 0.423. The minimum absolute atomic E-state index is 0.243. The van der Waals surface area contributed by atoms with Crippen LogP contribution in [0.4, 0.5) is 11.4 Å². The van der Waals surface area contributed by atoms with Crippen molar-refractivity contribution in [2.45, 2.75) is 32.6 Å². The molecule has 6 nitrogen and oxygen atoms in total. The third-order valence-corrected chi connectivity index (χ3v) is 6.65. The highest BCUT2D eigenvalue weighted by Gasteiger charge is 2.26. The van der Waals surface area contributed by atoms with Crippen LogP contribution in [0.2, 0.25) is 0 Å². The van der Waals surface area contributed by atoms with Crippen molar-refractivity contribution in [2.24, 2.45) is 0 Å². The maximum absolute atomic E-state index is 13.1. The summed E-state index contributed by atoms with van der Waals surface area (Å²) < 4.78 is 11.2. The van der Waals surface area contributed by atoms with Crippen LogP contribution in [0.3, 0.4) is 0 Å². The number of hydrogen-bond acceptors (Lipinski definition) is 6. The van der Waals surface area contributed by atoms with Crippen LogP contribution in [-0.4, -0.2) is 17.5 Å². The topological polar surface area (TPSA) is 90.4 Å². The standard InChI is InChI=1S/C24H23N3O3S/c1-2-29-15-11-9-14(10-12-15)26-23(28)22-21(25)20-19(18-8-5-13-30-18)16-6-3-4-7-17(16)27-24(20)31-22/h5,8-13H,2-4,6-7,25H2,1H3,(H,26,28). The lowest BCUT2D eigenvalue weighted by Crippen LogP contribution is -2.12. The van der Waals surface area contributed by atoms with Gasteiger partial charge < -0.3 is 20.2 Å². The lowest BCUT2D eigenvalue weighted by molar-refractivity contribution is 0.103. The van der Waals surface area contributed by atoms with E-state index in [1.54, 1.807) is 6.26 Å². The average molecular weight is 434 g/mol. The number of rotatable bonds is 5. The fraction of sp³-hybridized carbons (Fsp3) is 0.250. The molecule has 3 aromatic heterocycles. The van der Waals surface area contributed by atoms with Gasteiger partial charge in [0.2, 0.25) is 0 Å². The first kappa shape index (κ1) is 19.6. The van der Waals surface area contributed by atoms with E-state index in [-0.39, 0.29) is 5.91 Å². The van der Waals surface area contributed by atoms with Gasteiger partial charge in [0.25, 0.3) is 5.91 Å². The van der Waals surface area contributed by atoms with Crippen LogP contribution in [0, 0.1) is 0 Å². The molecule has 0 radical (unpaired) electrons. The molecule has 3 heterocycles. The van der Waals surface area contributed by atoms with E-state index in [1.807, 2.05) is 43.3 Å². The summed E-state index contributed by atoms with van der Waals surface area (Å²) in [7, 11) is 0. The molecule has 7 heteroatoms. The summed E-state index contributed by atoms with van der Waals surface area (Å²) in [5.41, 5.74) is 10.9. The Labute approximate surface area is 184 Å². The Hall–Kier alpha value is -3.32. The molecule has 4 aromatic rings. The van der Waals surface area contributed by atoms with E-state index < -0.39 is 0 Å². The first-order valence-corrected chi connectivity index (χ1v) is 11.3. The van der Waals surface area contributed by atoms with Gasteiger partial charge in [-0.15, -0.1) is 11.3 Å². The van der Waals surface area contributed by atoms with Crippen LogP contribution in [0.15, 0.2) is 47.1 Å². The van der Waals surface area contributed by atoms with E-state index in [1.165, 1.54) is 16.9 Å². The number of carbonyl (C=O) groups is 1. The zero-order valence-corrected chi connectivity index (χ0v) is 18.1. The van der Waals surface area contributed by atoms with Crippen molar-refractivity contribution in [1.29, 1.82) is 0 Å². The van der Waals surface area contributed by atoms with E-state index in [4.69, 9.17) is 19.9 Å². The van der Waals surface area contributed by atoms with Gasteiger partial charge in [-0.05, 0) is 74.6 Å². The number of furan rings is 1. The summed E-state index contributed by atoms with van der Waals surface area (Å²) in [5.74, 6) is 1.29. The first-order chi connectivity index (χ1) is 15.2. The lowest BCUT2D eigenvalue weighted by Gasteiger charge is -2.18. The van der Waals surface area contributed by atoms with Gasteiger partial charge in [-0.2, -0.15) is 0 Å². The minimum Gasteiger partial charge on any atom is -0.494 e. The number of nitrogens with one attached hydrogen (secondary N) is 1. The highest BCUT2D eigenvalue weighted by molar-refractivity contribution is 7.21. The van der Waals surface area contributed by atoms with Crippen LogP contribution in [-0.2, 0) is 12.8 Å². The number of amides is 1. The van der Waals surface area contributed by atoms with Crippen LogP contribution >= 0.6 is 11.3 Å². The number of nitrogens with two attached hydrogens (primary N) is 1. The summed E-state index contributed by atoms with van der Waals surface area (Å²) in [6.45, 7) is 2.53. The minimum atomic E-state index is -0.243. The van der Waals surface area contributed by atoms with Crippen LogP contribution in [0.25, 0.3) is 21.5 Å². The number of benzene rings is 1. The van der Waals surface area contributed by atoms with Crippen molar-refractivity contribution in [1.82, 2.24) is 4.98 Å². The normalized spacial score (nSPS) is 13.2. The second-order valence-corrected chi connectivity index (χ2v) is 8.53. The molecule has 0 fully saturated rings. The highest BCUT2D eigenvalue weighted by Crippen LogP contribution is 2.44. The molecule has 0 saturated heterocycles. The summed E-state index contributed by atoms with van der Waals surface area (Å²) in [6, 6.07) is 11.1. The molecule has 1 amide bonds. The number of nitrogens with zero attached hydrogens (tertiary/aromatic N) is 1. The maximum Gasteiger partial charge on any atom is 0.267 e. The molecule has 0 saturated carbocycles. The summed E-state index contributed by atoms with van der Waals surface area (Å²) in [5, 5.41) is 3.75. The van der Waals surface area contributed by atoms with E-state index in [9.17, 15) is 4.79 Å². The van der Waals surface area contributed by atoms with Crippen molar-refractivity contribution in [3.63, 3.8) is 0 Å². The van der Waals surface area contributed by atoms with Crippen molar-refractivity contribution in [3.8, 4) is 17.1 Å². The second kappa shape index (κ2) is 8.07. The Morgan fingerprint density at radius 1 is 1.23 bits per heavy atom. The smallest absolute Gasteiger partial charge is 0.267 e. The largest absolute Gasteiger partial charge is 0.494 e. The molecular weight excluding hydrogens is 410 g/mol. The molecule has 1 aliphatic carbocycles. The number of carbonyl (C=O) groups excluding carboxylic acids is 1. The van der Waals surface area contributed by atoms with Gasteiger partial charge in [0.05, 0.1) is 18.6 Å². The van der Waals surface area contributed by atoms with E-state index in [0.29, 0.717) is 22.9 Å². The Balaban J connectivity index is 1.56. The Kier molecular flexibility index (Phi) is 5.11. The highest BCUT2D eigenvalue weighted by atomic mass is 32.1. The second-order valence-electron chi connectivity index (χ2n) is 7.53. The van der Waals surface area contributed by atoms with Crippen molar-refractivity contribution >= 4 is 38.8 Å². The van der Waals surface area contributed by atoms with Gasteiger partial charge in [-0.1, -0.05) is 0 Å². The number of nitrogen functional groups attached to an aromatic ring is 1. The Morgan fingerprint density at radius 3 is 2.77 bits per heavy atom.